The smallest absolute Gasteiger partial charge is 0.254 e. The highest BCUT2D eigenvalue weighted by Gasteiger charge is 2.21. The standard InChI is InChI=1S/C22H20Cl2N2O3/c1-3-26(13-20(27)25-21-17(23)9-6-10-18(21)24)22(28)16-11-12-19(29-2)15-8-5-4-7-14(15)16/h4-12H,3,13H2,1-2H3,(H,25,27). The maximum Gasteiger partial charge on any atom is 0.254 e. The van der Waals surface area contributed by atoms with Crippen molar-refractivity contribution in [3.63, 3.8) is 0 Å². The highest BCUT2D eigenvalue weighted by molar-refractivity contribution is 6.39. The maximum atomic E-state index is 13.2. The Morgan fingerprint density at radius 1 is 0.966 bits per heavy atom. The molecule has 3 rings (SSSR count). The van der Waals surface area contributed by atoms with Crippen LogP contribution in [-0.4, -0.2) is 36.9 Å². The van der Waals surface area contributed by atoms with E-state index in [0.29, 0.717) is 33.6 Å². The number of carbonyl (C=O) groups is 2. The number of nitrogens with zero attached hydrogens (tertiary/aromatic N) is 1. The third-order valence-corrected chi connectivity index (χ3v) is 5.19. The van der Waals surface area contributed by atoms with E-state index < -0.39 is 0 Å². The molecule has 0 aliphatic carbocycles. The number of methoxy groups -OCH3 is 1. The molecule has 1 N–H and O–H groups in total. The Bertz CT molecular complexity index is 1050. The maximum absolute atomic E-state index is 13.2. The largest absolute Gasteiger partial charge is 0.496 e. The molecule has 7 heteroatoms. The van der Waals surface area contributed by atoms with Crippen LogP contribution in [-0.2, 0) is 4.79 Å². The quantitative estimate of drug-likeness (QED) is 0.580. The molecule has 5 nitrogen and oxygen atoms in total. The van der Waals surface area contributed by atoms with E-state index in [1.165, 1.54) is 4.90 Å². The minimum atomic E-state index is -0.381. The summed E-state index contributed by atoms with van der Waals surface area (Å²) < 4.78 is 5.39. The Hall–Kier alpha value is -2.76. The molecule has 3 aromatic rings. The number of ether oxygens (including phenoxy) is 1. The number of amides is 2. The van der Waals surface area contributed by atoms with Gasteiger partial charge >= 0.3 is 0 Å². The third kappa shape index (κ3) is 4.47. The molecule has 3 aromatic carbocycles. The number of fused-ring (bicyclic) bond motifs is 1. The lowest BCUT2D eigenvalue weighted by molar-refractivity contribution is -0.116. The predicted octanol–water partition coefficient (Wildman–Crippen LogP) is 5.26. The second-order valence-electron chi connectivity index (χ2n) is 6.33. The van der Waals surface area contributed by atoms with Crippen LogP contribution < -0.4 is 10.1 Å². The normalized spacial score (nSPS) is 10.6. The van der Waals surface area contributed by atoms with Crippen molar-refractivity contribution >= 4 is 51.5 Å². The van der Waals surface area contributed by atoms with Gasteiger partial charge in [-0.05, 0) is 36.6 Å². The number of anilines is 1. The Balaban J connectivity index is 1.84. The van der Waals surface area contributed by atoms with Crippen LogP contribution in [0.2, 0.25) is 10.0 Å². The molecule has 0 heterocycles. The van der Waals surface area contributed by atoms with Gasteiger partial charge in [0.25, 0.3) is 5.91 Å². The van der Waals surface area contributed by atoms with Crippen LogP contribution in [0.4, 0.5) is 5.69 Å². The Kier molecular flexibility index (Phi) is 6.62. The number of benzene rings is 3. The van der Waals surface area contributed by atoms with Crippen molar-refractivity contribution < 1.29 is 14.3 Å². The van der Waals surface area contributed by atoms with Gasteiger partial charge in [-0.1, -0.05) is 53.5 Å². The fraction of sp³-hybridized carbons (Fsp3) is 0.182. The molecule has 0 aliphatic heterocycles. The lowest BCUT2D eigenvalue weighted by Gasteiger charge is -2.22. The van der Waals surface area contributed by atoms with E-state index in [9.17, 15) is 9.59 Å². The zero-order valence-electron chi connectivity index (χ0n) is 16.0. The summed E-state index contributed by atoms with van der Waals surface area (Å²) in [7, 11) is 1.59. The molecule has 0 saturated carbocycles. The highest BCUT2D eigenvalue weighted by atomic mass is 35.5. The van der Waals surface area contributed by atoms with Crippen molar-refractivity contribution in [3.05, 3.63) is 70.2 Å². The Labute approximate surface area is 179 Å². The van der Waals surface area contributed by atoms with E-state index >= 15 is 0 Å². The first-order valence-corrected chi connectivity index (χ1v) is 9.80. The molecular weight excluding hydrogens is 411 g/mol. The van der Waals surface area contributed by atoms with Crippen LogP contribution in [0.5, 0.6) is 5.75 Å². The minimum absolute atomic E-state index is 0.128. The number of para-hydroxylation sites is 1. The average Bonchev–Trinajstić information content (AvgIpc) is 2.73. The first kappa shape index (κ1) is 21.0. The highest BCUT2D eigenvalue weighted by Crippen LogP contribution is 2.30. The van der Waals surface area contributed by atoms with E-state index in [1.807, 2.05) is 31.2 Å². The summed E-state index contributed by atoms with van der Waals surface area (Å²) in [5.41, 5.74) is 0.839. The van der Waals surface area contributed by atoms with Gasteiger partial charge < -0.3 is 15.0 Å². The lowest BCUT2D eigenvalue weighted by atomic mass is 10.0. The number of carbonyl (C=O) groups excluding carboxylic acids is 2. The minimum Gasteiger partial charge on any atom is -0.496 e. The number of nitrogens with one attached hydrogen (secondary N) is 1. The van der Waals surface area contributed by atoms with Gasteiger partial charge in [0.05, 0.1) is 22.8 Å². The van der Waals surface area contributed by atoms with Crippen LogP contribution >= 0.6 is 23.2 Å². The van der Waals surface area contributed by atoms with E-state index in [0.717, 1.165) is 10.8 Å². The SMILES string of the molecule is CCN(CC(=O)Nc1c(Cl)cccc1Cl)C(=O)c1ccc(OC)c2ccccc12. The number of halogens is 2. The summed E-state index contributed by atoms with van der Waals surface area (Å²) in [5.74, 6) is 0.0612. The van der Waals surface area contributed by atoms with E-state index in [2.05, 4.69) is 5.32 Å². The first-order valence-electron chi connectivity index (χ1n) is 9.05. The molecule has 0 aliphatic rings. The molecule has 2 amide bonds. The summed E-state index contributed by atoms with van der Waals surface area (Å²) in [5, 5.41) is 4.96. The molecule has 0 fully saturated rings. The van der Waals surface area contributed by atoms with E-state index in [-0.39, 0.29) is 18.4 Å². The topological polar surface area (TPSA) is 58.6 Å². The van der Waals surface area contributed by atoms with Crippen molar-refractivity contribution in [2.24, 2.45) is 0 Å². The fourth-order valence-corrected chi connectivity index (χ4v) is 3.59. The van der Waals surface area contributed by atoms with Crippen LogP contribution in [0.15, 0.2) is 54.6 Å². The second kappa shape index (κ2) is 9.16. The zero-order valence-corrected chi connectivity index (χ0v) is 17.6. The van der Waals surface area contributed by atoms with E-state index in [4.69, 9.17) is 27.9 Å². The molecule has 0 spiro atoms. The molecule has 0 radical (unpaired) electrons. The van der Waals surface area contributed by atoms with Gasteiger partial charge in [-0.2, -0.15) is 0 Å². The average molecular weight is 431 g/mol. The molecule has 0 aromatic heterocycles. The number of likely N-dealkylation sites (N-methyl/N-ethyl adjacent to an activating group) is 1. The molecule has 0 bridgehead atoms. The van der Waals surface area contributed by atoms with Crippen molar-refractivity contribution in [1.82, 2.24) is 4.90 Å². The van der Waals surface area contributed by atoms with Crippen LogP contribution in [0.1, 0.15) is 17.3 Å². The molecular formula is C22H20Cl2N2O3. The predicted molar refractivity (Wildman–Crippen MR) is 117 cm³/mol. The summed E-state index contributed by atoms with van der Waals surface area (Å²) in [6, 6.07) is 15.9. The Morgan fingerprint density at radius 3 is 2.24 bits per heavy atom. The van der Waals surface area contributed by atoms with Gasteiger partial charge in [-0.15, -0.1) is 0 Å². The molecule has 150 valence electrons. The van der Waals surface area contributed by atoms with Crippen LogP contribution in [0, 0.1) is 0 Å². The van der Waals surface area contributed by atoms with Crippen molar-refractivity contribution in [2.45, 2.75) is 6.92 Å². The van der Waals surface area contributed by atoms with E-state index in [1.54, 1.807) is 37.4 Å². The van der Waals surface area contributed by atoms with Gasteiger partial charge in [0.2, 0.25) is 5.91 Å². The van der Waals surface area contributed by atoms with Gasteiger partial charge in [-0.25, -0.2) is 0 Å². The monoisotopic (exact) mass is 430 g/mol. The number of hydrogen-bond donors (Lipinski definition) is 1. The molecule has 29 heavy (non-hydrogen) atoms. The van der Waals surface area contributed by atoms with Crippen LogP contribution in [0.3, 0.4) is 0 Å². The van der Waals surface area contributed by atoms with Gasteiger partial charge in [0.15, 0.2) is 0 Å². The van der Waals surface area contributed by atoms with Crippen molar-refractivity contribution in [1.29, 1.82) is 0 Å². The summed E-state index contributed by atoms with van der Waals surface area (Å²) >= 11 is 12.2. The number of rotatable bonds is 6. The van der Waals surface area contributed by atoms with Gasteiger partial charge in [-0.3, -0.25) is 9.59 Å². The van der Waals surface area contributed by atoms with Gasteiger partial charge in [0, 0.05) is 17.5 Å². The third-order valence-electron chi connectivity index (χ3n) is 4.56. The fourth-order valence-electron chi connectivity index (χ4n) is 3.10. The zero-order chi connectivity index (χ0) is 21.0. The van der Waals surface area contributed by atoms with Crippen LogP contribution in [0.25, 0.3) is 10.8 Å². The molecule has 0 unspecified atom stereocenters. The lowest BCUT2D eigenvalue weighted by Crippen LogP contribution is -2.38. The van der Waals surface area contributed by atoms with Crippen molar-refractivity contribution in [3.8, 4) is 5.75 Å². The molecule has 0 saturated heterocycles. The summed E-state index contributed by atoms with van der Waals surface area (Å²) in [6.07, 6.45) is 0. The second-order valence-corrected chi connectivity index (χ2v) is 7.14. The Morgan fingerprint density at radius 2 is 1.62 bits per heavy atom. The van der Waals surface area contributed by atoms with Crippen molar-refractivity contribution in [2.75, 3.05) is 25.5 Å². The summed E-state index contributed by atoms with van der Waals surface area (Å²) in [4.78, 5) is 27.2. The summed E-state index contributed by atoms with van der Waals surface area (Å²) in [6.45, 7) is 2.06. The number of hydrogen-bond acceptors (Lipinski definition) is 3. The van der Waals surface area contributed by atoms with Gasteiger partial charge in [0.1, 0.15) is 12.3 Å². The molecule has 0 atom stereocenters. The first-order chi connectivity index (χ1) is 14.0.